The number of hydrogen-bond donors (Lipinski definition) is 1. The third kappa shape index (κ3) is 3.98. The first-order valence-corrected chi connectivity index (χ1v) is 8.68. The van der Waals surface area contributed by atoms with Crippen LogP contribution in [0, 0.1) is 5.92 Å². The molecule has 4 heteroatoms. The number of nitrogens with zero attached hydrogens (tertiary/aromatic N) is 1. The first-order chi connectivity index (χ1) is 10.1. The number of ether oxygens (including phenoxy) is 1. The van der Waals surface area contributed by atoms with Crippen LogP contribution in [0.25, 0.3) is 0 Å². The Bertz CT molecular complexity index is 346. The van der Waals surface area contributed by atoms with Gasteiger partial charge in [-0.15, -0.1) is 0 Å². The van der Waals surface area contributed by atoms with E-state index >= 15 is 0 Å². The first kappa shape index (κ1) is 16.8. The fourth-order valence-electron chi connectivity index (χ4n) is 4.15. The smallest absolute Gasteiger partial charge is 0.327 e. The van der Waals surface area contributed by atoms with Crippen LogP contribution in [0.1, 0.15) is 58.8 Å². The van der Waals surface area contributed by atoms with Gasteiger partial charge >= 0.3 is 5.97 Å². The fraction of sp³-hybridized carbons (Fsp3) is 0.941. The number of methoxy groups -OCH3 is 1. The van der Waals surface area contributed by atoms with E-state index in [-0.39, 0.29) is 5.97 Å². The molecular weight excluding hydrogens is 264 g/mol. The van der Waals surface area contributed by atoms with Gasteiger partial charge in [0, 0.05) is 12.6 Å². The van der Waals surface area contributed by atoms with Crippen molar-refractivity contribution in [2.75, 3.05) is 26.7 Å². The molecule has 0 aromatic carbocycles. The summed E-state index contributed by atoms with van der Waals surface area (Å²) < 4.78 is 5.06. The van der Waals surface area contributed by atoms with Gasteiger partial charge in [-0.1, -0.05) is 19.8 Å². The van der Waals surface area contributed by atoms with Crippen molar-refractivity contribution in [3.8, 4) is 0 Å². The largest absolute Gasteiger partial charge is 0.468 e. The molecule has 2 fully saturated rings. The van der Waals surface area contributed by atoms with Crippen molar-refractivity contribution in [1.82, 2.24) is 10.2 Å². The quantitative estimate of drug-likeness (QED) is 0.765. The number of hydrogen-bond acceptors (Lipinski definition) is 4. The van der Waals surface area contributed by atoms with E-state index in [1.54, 1.807) is 0 Å². The van der Waals surface area contributed by atoms with E-state index in [0.717, 1.165) is 32.0 Å². The summed E-state index contributed by atoms with van der Waals surface area (Å²) in [5.74, 6) is 0.717. The van der Waals surface area contributed by atoms with E-state index in [9.17, 15) is 4.79 Å². The van der Waals surface area contributed by atoms with Crippen molar-refractivity contribution in [2.24, 2.45) is 5.92 Å². The topological polar surface area (TPSA) is 41.6 Å². The van der Waals surface area contributed by atoms with Gasteiger partial charge in [0.2, 0.25) is 0 Å². The maximum atomic E-state index is 12.3. The van der Waals surface area contributed by atoms with Crippen LogP contribution in [0.5, 0.6) is 0 Å². The molecule has 1 N–H and O–H groups in total. The molecule has 0 aromatic heterocycles. The molecule has 3 atom stereocenters. The molecule has 1 aliphatic carbocycles. The Morgan fingerprint density at radius 3 is 2.71 bits per heavy atom. The Labute approximate surface area is 129 Å². The molecule has 1 aliphatic heterocycles. The monoisotopic (exact) mass is 296 g/mol. The van der Waals surface area contributed by atoms with Gasteiger partial charge in [-0.05, 0) is 58.0 Å². The zero-order valence-corrected chi connectivity index (χ0v) is 14.0. The second-order valence-electron chi connectivity index (χ2n) is 6.98. The fourth-order valence-corrected chi connectivity index (χ4v) is 4.15. The molecule has 2 aliphatic rings. The Kier molecular flexibility index (Phi) is 6.06. The summed E-state index contributed by atoms with van der Waals surface area (Å²) >= 11 is 0. The van der Waals surface area contributed by atoms with Gasteiger partial charge in [0.25, 0.3) is 0 Å². The molecule has 4 nitrogen and oxygen atoms in total. The Morgan fingerprint density at radius 2 is 2.00 bits per heavy atom. The Hall–Kier alpha value is -0.610. The predicted octanol–water partition coefficient (Wildman–Crippen LogP) is 2.57. The van der Waals surface area contributed by atoms with Gasteiger partial charge in [0.05, 0.1) is 7.11 Å². The lowest BCUT2D eigenvalue weighted by Gasteiger charge is -2.47. The molecule has 0 bridgehead atoms. The van der Waals surface area contributed by atoms with Gasteiger partial charge in [-0.2, -0.15) is 0 Å². The summed E-state index contributed by atoms with van der Waals surface area (Å²) in [4.78, 5) is 14.8. The molecule has 0 spiro atoms. The third-order valence-electron chi connectivity index (χ3n) is 5.28. The number of piperidine rings is 1. The molecule has 0 amide bonds. The normalized spacial score (nSPS) is 29.5. The third-order valence-corrected chi connectivity index (χ3v) is 5.28. The van der Waals surface area contributed by atoms with Gasteiger partial charge < -0.3 is 10.1 Å². The van der Waals surface area contributed by atoms with Crippen molar-refractivity contribution < 1.29 is 9.53 Å². The van der Waals surface area contributed by atoms with Crippen LogP contribution in [0.4, 0.5) is 0 Å². The highest BCUT2D eigenvalue weighted by Gasteiger charge is 2.40. The first-order valence-electron chi connectivity index (χ1n) is 8.68. The number of nitrogens with one attached hydrogen (secondary N) is 1. The SMILES string of the molecule is CCCNC(C)(CN1CCC[C@H]2CCCC[C@H]21)C(=O)OC. The standard InChI is InChI=1S/C17H32N2O2/c1-4-11-18-17(2,16(20)21-3)13-19-12-7-9-14-8-5-6-10-15(14)19/h14-15,18H,4-13H2,1-3H3/t14-,15-,17?/m1/s1. The number of carbonyl (C=O) groups excluding carboxylic acids is 1. The van der Waals surface area contributed by atoms with Crippen molar-refractivity contribution in [1.29, 1.82) is 0 Å². The van der Waals surface area contributed by atoms with E-state index in [2.05, 4.69) is 17.1 Å². The van der Waals surface area contributed by atoms with Crippen LogP contribution >= 0.6 is 0 Å². The zero-order valence-electron chi connectivity index (χ0n) is 14.0. The highest BCUT2D eigenvalue weighted by molar-refractivity contribution is 5.80. The summed E-state index contributed by atoms with van der Waals surface area (Å²) in [5.41, 5.74) is -0.579. The highest BCUT2D eigenvalue weighted by atomic mass is 16.5. The zero-order chi connectivity index (χ0) is 15.3. The summed E-state index contributed by atoms with van der Waals surface area (Å²) in [7, 11) is 1.49. The second-order valence-corrected chi connectivity index (χ2v) is 6.98. The van der Waals surface area contributed by atoms with Crippen molar-refractivity contribution in [2.45, 2.75) is 70.4 Å². The lowest BCUT2D eigenvalue weighted by atomic mass is 9.78. The van der Waals surface area contributed by atoms with Crippen LogP contribution in [0.2, 0.25) is 0 Å². The van der Waals surface area contributed by atoms with Crippen LogP contribution in [-0.4, -0.2) is 49.2 Å². The average molecular weight is 296 g/mol. The van der Waals surface area contributed by atoms with Crippen molar-refractivity contribution in [3.63, 3.8) is 0 Å². The predicted molar refractivity (Wildman–Crippen MR) is 85.3 cm³/mol. The minimum atomic E-state index is -0.579. The van der Waals surface area contributed by atoms with Gasteiger partial charge in [-0.3, -0.25) is 9.69 Å². The van der Waals surface area contributed by atoms with Crippen molar-refractivity contribution >= 4 is 5.97 Å². The number of esters is 1. The highest BCUT2D eigenvalue weighted by Crippen LogP contribution is 2.35. The molecule has 1 unspecified atom stereocenters. The van der Waals surface area contributed by atoms with E-state index < -0.39 is 5.54 Å². The summed E-state index contributed by atoms with van der Waals surface area (Å²) in [6, 6.07) is 0.680. The maximum Gasteiger partial charge on any atom is 0.327 e. The lowest BCUT2D eigenvalue weighted by Crippen LogP contribution is -2.61. The second kappa shape index (κ2) is 7.59. The average Bonchev–Trinajstić information content (AvgIpc) is 2.52. The molecular formula is C17H32N2O2. The van der Waals surface area contributed by atoms with Crippen molar-refractivity contribution in [3.05, 3.63) is 0 Å². The lowest BCUT2D eigenvalue weighted by molar-refractivity contribution is -0.149. The number of rotatable bonds is 6. The number of carbonyl (C=O) groups is 1. The van der Waals surface area contributed by atoms with E-state index in [1.165, 1.54) is 45.6 Å². The minimum Gasteiger partial charge on any atom is -0.468 e. The number of fused-ring (bicyclic) bond motifs is 1. The molecule has 2 rings (SSSR count). The molecule has 1 saturated carbocycles. The summed E-state index contributed by atoms with van der Waals surface area (Å²) in [5, 5.41) is 3.42. The van der Waals surface area contributed by atoms with Crippen LogP contribution < -0.4 is 5.32 Å². The molecule has 1 saturated heterocycles. The van der Waals surface area contributed by atoms with Crippen LogP contribution in [0.15, 0.2) is 0 Å². The molecule has 0 aromatic rings. The number of likely N-dealkylation sites (tertiary alicyclic amines) is 1. The molecule has 0 radical (unpaired) electrons. The van der Waals surface area contributed by atoms with E-state index in [0.29, 0.717) is 6.04 Å². The van der Waals surface area contributed by atoms with Gasteiger partial charge in [0.1, 0.15) is 5.54 Å². The van der Waals surface area contributed by atoms with Crippen LogP contribution in [-0.2, 0) is 9.53 Å². The molecule has 122 valence electrons. The minimum absolute atomic E-state index is 0.131. The van der Waals surface area contributed by atoms with E-state index in [4.69, 9.17) is 4.74 Å². The van der Waals surface area contributed by atoms with Gasteiger partial charge in [-0.25, -0.2) is 0 Å². The maximum absolute atomic E-state index is 12.3. The Balaban J connectivity index is 2.05. The van der Waals surface area contributed by atoms with Crippen LogP contribution in [0.3, 0.4) is 0 Å². The summed E-state index contributed by atoms with van der Waals surface area (Å²) in [6.07, 6.45) is 9.07. The van der Waals surface area contributed by atoms with Gasteiger partial charge in [0.15, 0.2) is 0 Å². The summed E-state index contributed by atoms with van der Waals surface area (Å²) in [6.45, 7) is 6.89. The molecule has 1 heterocycles. The Morgan fingerprint density at radius 1 is 1.29 bits per heavy atom. The molecule has 21 heavy (non-hydrogen) atoms. The van der Waals surface area contributed by atoms with E-state index in [1.807, 2.05) is 6.92 Å².